The molecule has 1 saturated carbocycles. The number of thiocarbonyl (C=S) groups is 1. The van der Waals surface area contributed by atoms with E-state index in [2.05, 4.69) is 0 Å². The van der Waals surface area contributed by atoms with Crippen molar-refractivity contribution in [2.75, 3.05) is 0 Å². The van der Waals surface area contributed by atoms with E-state index in [1.165, 1.54) is 31.0 Å². The van der Waals surface area contributed by atoms with Crippen molar-refractivity contribution in [3.63, 3.8) is 0 Å². The van der Waals surface area contributed by atoms with E-state index in [9.17, 15) is 9.90 Å². The number of rotatable bonds is 2. The number of nitrogens with zero attached hydrogens (tertiary/aromatic N) is 1. The van der Waals surface area contributed by atoms with Crippen molar-refractivity contribution < 1.29 is 9.90 Å². The molecular weight excluding hydrogens is 302 g/mol. The average molecular weight is 319 g/mol. The Morgan fingerprint density at radius 2 is 2.05 bits per heavy atom. The highest BCUT2D eigenvalue weighted by atomic mass is 32.2. The van der Waals surface area contributed by atoms with Gasteiger partial charge in [0, 0.05) is 6.04 Å². The van der Waals surface area contributed by atoms with Gasteiger partial charge in [0.15, 0.2) is 0 Å². The normalized spacial score (nSPS) is 22.3. The van der Waals surface area contributed by atoms with Crippen molar-refractivity contribution in [2.45, 2.75) is 38.1 Å². The zero-order valence-corrected chi connectivity index (χ0v) is 13.3. The first-order valence-electron chi connectivity index (χ1n) is 7.21. The third-order valence-corrected chi connectivity index (χ3v) is 5.26. The maximum absolute atomic E-state index is 12.6. The molecule has 1 N–H and O–H groups in total. The Labute approximate surface area is 134 Å². The zero-order chi connectivity index (χ0) is 14.8. The van der Waals surface area contributed by atoms with Crippen molar-refractivity contribution in [1.82, 2.24) is 4.90 Å². The van der Waals surface area contributed by atoms with Gasteiger partial charge in [-0.3, -0.25) is 9.69 Å². The van der Waals surface area contributed by atoms with Crippen LogP contribution in [0.15, 0.2) is 29.2 Å². The number of phenols is 1. The van der Waals surface area contributed by atoms with E-state index in [0.29, 0.717) is 9.23 Å². The summed E-state index contributed by atoms with van der Waals surface area (Å²) in [4.78, 5) is 15.0. The zero-order valence-electron chi connectivity index (χ0n) is 11.6. The lowest BCUT2D eigenvalue weighted by Crippen LogP contribution is -2.39. The monoisotopic (exact) mass is 319 g/mol. The summed E-state index contributed by atoms with van der Waals surface area (Å²) in [6, 6.07) is 7.16. The fourth-order valence-electron chi connectivity index (χ4n) is 2.90. The molecule has 0 aromatic heterocycles. The molecule has 1 aliphatic carbocycles. The summed E-state index contributed by atoms with van der Waals surface area (Å²) in [7, 11) is 0. The van der Waals surface area contributed by atoms with Gasteiger partial charge in [-0.25, -0.2) is 0 Å². The number of carbonyl (C=O) groups excluding carboxylic acids is 1. The Kier molecular flexibility index (Phi) is 4.31. The summed E-state index contributed by atoms with van der Waals surface area (Å²) in [5.41, 5.74) is 0.819. The molecule has 2 aliphatic rings. The Hall–Kier alpha value is -1.33. The minimum Gasteiger partial charge on any atom is -0.508 e. The van der Waals surface area contributed by atoms with E-state index in [4.69, 9.17) is 12.2 Å². The number of benzene rings is 1. The molecular formula is C16H17NO2S2. The van der Waals surface area contributed by atoms with Gasteiger partial charge in [0.1, 0.15) is 10.1 Å². The fourth-order valence-corrected chi connectivity index (χ4v) is 4.30. The smallest absolute Gasteiger partial charge is 0.266 e. The van der Waals surface area contributed by atoms with E-state index in [1.54, 1.807) is 23.1 Å². The molecule has 2 fully saturated rings. The Bertz CT molecular complexity index is 606. The molecule has 3 rings (SSSR count). The summed E-state index contributed by atoms with van der Waals surface area (Å²) in [6.07, 6.45) is 7.50. The quantitative estimate of drug-likeness (QED) is 0.662. The Balaban J connectivity index is 1.82. The van der Waals surface area contributed by atoms with Gasteiger partial charge in [-0.05, 0) is 36.6 Å². The number of hydrogen-bond acceptors (Lipinski definition) is 4. The maximum atomic E-state index is 12.6. The van der Waals surface area contributed by atoms with Crippen LogP contribution in [0, 0.1) is 0 Å². The van der Waals surface area contributed by atoms with Crippen LogP contribution in [0.3, 0.4) is 0 Å². The summed E-state index contributed by atoms with van der Waals surface area (Å²) in [5.74, 6) is 0.215. The van der Waals surface area contributed by atoms with Gasteiger partial charge in [-0.2, -0.15) is 0 Å². The average Bonchev–Trinajstić information content (AvgIpc) is 2.74. The summed E-state index contributed by atoms with van der Waals surface area (Å²) in [5, 5.41) is 9.50. The van der Waals surface area contributed by atoms with Gasteiger partial charge in [-0.15, -0.1) is 0 Å². The van der Waals surface area contributed by atoms with Gasteiger partial charge < -0.3 is 5.11 Å². The molecule has 0 spiro atoms. The summed E-state index contributed by atoms with van der Waals surface area (Å²) < 4.78 is 0.665. The second-order valence-corrected chi connectivity index (χ2v) is 7.11. The molecule has 1 heterocycles. The molecule has 1 saturated heterocycles. The van der Waals surface area contributed by atoms with E-state index >= 15 is 0 Å². The number of thioether (sulfide) groups is 1. The number of phenolic OH excluding ortho intramolecular Hbond substituents is 1. The van der Waals surface area contributed by atoms with Gasteiger partial charge in [0.25, 0.3) is 5.91 Å². The molecule has 5 heteroatoms. The van der Waals surface area contributed by atoms with E-state index in [0.717, 1.165) is 18.4 Å². The van der Waals surface area contributed by atoms with Crippen molar-refractivity contribution in [1.29, 1.82) is 0 Å². The highest BCUT2D eigenvalue weighted by Crippen LogP contribution is 2.37. The third-order valence-electron chi connectivity index (χ3n) is 3.93. The van der Waals surface area contributed by atoms with Crippen LogP contribution in [-0.4, -0.2) is 26.3 Å². The largest absolute Gasteiger partial charge is 0.508 e. The lowest BCUT2D eigenvalue weighted by atomic mass is 9.94. The predicted octanol–water partition coefficient (Wildman–Crippen LogP) is 3.93. The van der Waals surface area contributed by atoms with Crippen molar-refractivity contribution in [3.8, 4) is 5.75 Å². The second-order valence-electron chi connectivity index (χ2n) is 5.44. The van der Waals surface area contributed by atoms with E-state index < -0.39 is 0 Å². The first-order valence-corrected chi connectivity index (χ1v) is 8.44. The van der Waals surface area contributed by atoms with Crippen LogP contribution in [0.4, 0.5) is 0 Å². The van der Waals surface area contributed by atoms with Crippen molar-refractivity contribution in [3.05, 3.63) is 34.7 Å². The van der Waals surface area contributed by atoms with Crippen LogP contribution in [0.5, 0.6) is 5.75 Å². The Morgan fingerprint density at radius 1 is 1.29 bits per heavy atom. The fraction of sp³-hybridized carbons (Fsp3) is 0.375. The molecule has 1 aliphatic heterocycles. The maximum Gasteiger partial charge on any atom is 0.266 e. The molecule has 0 bridgehead atoms. The standard InChI is InChI=1S/C16H17NO2S2/c18-13-8-4-5-11(9-13)10-14-15(19)17(16(20)21-14)12-6-2-1-3-7-12/h4-5,8-10,12,18H,1-3,6-7H2. The van der Waals surface area contributed by atoms with E-state index in [-0.39, 0.29) is 17.7 Å². The van der Waals surface area contributed by atoms with Gasteiger partial charge in [0.05, 0.1) is 4.91 Å². The number of hydrogen-bond donors (Lipinski definition) is 1. The molecule has 21 heavy (non-hydrogen) atoms. The van der Waals surface area contributed by atoms with Crippen molar-refractivity contribution in [2.24, 2.45) is 0 Å². The Morgan fingerprint density at radius 3 is 2.76 bits per heavy atom. The van der Waals surface area contributed by atoms with Crippen LogP contribution in [0.2, 0.25) is 0 Å². The first kappa shape index (κ1) is 14.6. The topological polar surface area (TPSA) is 40.5 Å². The molecule has 1 aromatic rings. The van der Waals surface area contributed by atoms with E-state index in [1.807, 2.05) is 12.1 Å². The number of amides is 1. The van der Waals surface area contributed by atoms with Gasteiger partial charge in [-0.1, -0.05) is 55.4 Å². The molecule has 1 amide bonds. The molecule has 110 valence electrons. The second kappa shape index (κ2) is 6.20. The van der Waals surface area contributed by atoms with Gasteiger partial charge in [0.2, 0.25) is 0 Å². The highest BCUT2D eigenvalue weighted by molar-refractivity contribution is 8.26. The molecule has 1 aromatic carbocycles. The van der Waals surface area contributed by atoms with Crippen LogP contribution in [-0.2, 0) is 4.79 Å². The van der Waals surface area contributed by atoms with Gasteiger partial charge >= 0.3 is 0 Å². The minimum atomic E-state index is 0.0141. The molecule has 0 unspecified atom stereocenters. The molecule has 0 atom stereocenters. The lowest BCUT2D eigenvalue weighted by molar-refractivity contribution is -0.124. The summed E-state index contributed by atoms with van der Waals surface area (Å²) >= 11 is 6.76. The number of carbonyl (C=O) groups is 1. The molecule has 3 nitrogen and oxygen atoms in total. The third kappa shape index (κ3) is 3.14. The van der Waals surface area contributed by atoms with Crippen LogP contribution >= 0.6 is 24.0 Å². The highest BCUT2D eigenvalue weighted by Gasteiger charge is 2.37. The van der Waals surface area contributed by atoms with Crippen LogP contribution in [0.25, 0.3) is 6.08 Å². The first-order chi connectivity index (χ1) is 10.1. The van der Waals surface area contributed by atoms with Crippen LogP contribution < -0.4 is 0 Å². The number of aromatic hydroxyl groups is 1. The van der Waals surface area contributed by atoms with Crippen LogP contribution in [0.1, 0.15) is 37.7 Å². The molecule has 0 radical (unpaired) electrons. The predicted molar refractivity (Wildman–Crippen MR) is 90.0 cm³/mol. The SMILES string of the molecule is O=C1C(=Cc2cccc(O)c2)SC(=S)N1C1CCCCC1. The summed E-state index contributed by atoms with van der Waals surface area (Å²) in [6.45, 7) is 0. The lowest BCUT2D eigenvalue weighted by Gasteiger charge is -2.29. The minimum absolute atomic E-state index is 0.0141. The van der Waals surface area contributed by atoms with Crippen molar-refractivity contribution >= 4 is 40.3 Å².